The maximum absolute atomic E-state index is 10.3. The highest BCUT2D eigenvalue weighted by Crippen LogP contribution is 2.17. The molecule has 0 aromatic carbocycles. The van der Waals surface area contributed by atoms with Crippen LogP contribution in [0.2, 0.25) is 0 Å². The summed E-state index contributed by atoms with van der Waals surface area (Å²) in [6.45, 7) is 4.17. The van der Waals surface area contributed by atoms with Crippen molar-refractivity contribution in [2.45, 2.75) is 32.0 Å². The predicted octanol–water partition coefficient (Wildman–Crippen LogP) is -0.355. The summed E-state index contributed by atoms with van der Waals surface area (Å²) < 4.78 is 10.6. The summed E-state index contributed by atoms with van der Waals surface area (Å²) in [5, 5.41) is 3.22. The van der Waals surface area contributed by atoms with E-state index in [2.05, 4.69) is 12.2 Å². The Morgan fingerprint density at radius 1 is 1.60 bits per heavy atom. The summed E-state index contributed by atoms with van der Waals surface area (Å²) in [6, 6.07) is 0. The Kier molecular flexibility index (Phi) is 5.60. The molecule has 0 aliphatic carbocycles. The monoisotopic (exact) mass is 216 g/mol. The van der Waals surface area contributed by atoms with Crippen LogP contribution in [0, 0.1) is 0 Å². The minimum absolute atomic E-state index is 0.00135. The van der Waals surface area contributed by atoms with Gasteiger partial charge in [0.1, 0.15) is 6.61 Å². The number of amides is 1. The molecule has 3 N–H and O–H groups in total. The summed E-state index contributed by atoms with van der Waals surface area (Å²) in [4.78, 5) is 10.3. The zero-order valence-electron chi connectivity index (χ0n) is 9.20. The lowest BCUT2D eigenvalue weighted by Crippen LogP contribution is -2.30. The van der Waals surface area contributed by atoms with Gasteiger partial charge in [-0.3, -0.25) is 4.79 Å². The Hall–Kier alpha value is -0.650. The molecule has 1 aliphatic rings. The molecule has 5 heteroatoms. The van der Waals surface area contributed by atoms with Crippen molar-refractivity contribution in [3.63, 3.8) is 0 Å². The van der Waals surface area contributed by atoms with Gasteiger partial charge in [0, 0.05) is 13.1 Å². The summed E-state index contributed by atoms with van der Waals surface area (Å²) in [7, 11) is 0. The summed E-state index contributed by atoms with van der Waals surface area (Å²) in [6.07, 6.45) is 2.99. The van der Waals surface area contributed by atoms with Gasteiger partial charge in [-0.25, -0.2) is 0 Å². The Morgan fingerprint density at radius 3 is 3.00 bits per heavy atom. The van der Waals surface area contributed by atoms with Crippen molar-refractivity contribution in [1.82, 2.24) is 5.32 Å². The molecule has 1 saturated heterocycles. The molecular formula is C10H20N2O3. The molecule has 0 aromatic rings. The first-order valence-electron chi connectivity index (χ1n) is 5.40. The lowest BCUT2D eigenvalue weighted by Gasteiger charge is -2.11. The smallest absolute Gasteiger partial charge is 0.243 e. The van der Waals surface area contributed by atoms with Crippen LogP contribution in [0.5, 0.6) is 0 Å². The van der Waals surface area contributed by atoms with E-state index in [0.29, 0.717) is 18.8 Å². The number of rotatable bonds is 7. The van der Waals surface area contributed by atoms with Crippen LogP contribution in [0.4, 0.5) is 0 Å². The van der Waals surface area contributed by atoms with Gasteiger partial charge in [0.15, 0.2) is 0 Å². The third kappa shape index (κ3) is 5.71. The van der Waals surface area contributed by atoms with E-state index in [1.165, 1.54) is 0 Å². The predicted molar refractivity (Wildman–Crippen MR) is 56.5 cm³/mol. The summed E-state index contributed by atoms with van der Waals surface area (Å²) in [5.74, 6) is -0.428. The van der Waals surface area contributed by atoms with Crippen LogP contribution in [-0.4, -0.2) is 44.4 Å². The molecule has 15 heavy (non-hydrogen) atoms. The highest BCUT2D eigenvalue weighted by Gasteiger charge is 2.20. The van der Waals surface area contributed by atoms with Crippen LogP contribution in [-0.2, 0) is 14.3 Å². The number of carbonyl (C=O) groups is 1. The Balaban J connectivity index is 1.87. The van der Waals surface area contributed by atoms with Gasteiger partial charge in [0.2, 0.25) is 5.91 Å². The van der Waals surface area contributed by atoms with Crippen LogP contribution in [0.1, 0.15) is 19.8 Å². The van der Waals surface area contributed by atoms with Gasteiger partial charge in [-0.05, 0) is 19.8 Å². The fourth-order valence-corrected chi connectivity index (χ4v) is 1.62. The van der Waals surface area contributed by atoms with Crippen LogP contribution in [0.25, 0.3) is 0 Å². The average Bonchev–Trinajstić information content (AvgIpc) is 2.57. The second-order valence-electron chi connectivity index (χ2n) is 3.87. The lowest BCUT2D eigenvalue weighted by atomic mass is 10.2. The van der Waals surface area contributed by atoms with E-state index in [0.717, 1.165) is 25.9 Å². The Bertz CT molecular complexity index is 199. The normalized spacial score (nSPS) is 25.7. The zero-order chi connectivity index (χ0) is 11.1. The largest absolute Gasteiger partial charge is 0.374 e. The summed E-state index contributed by atoms with van der Waals surface area (Å²) >= 11 is 0. The van der Waals surface area contributed by atoms with Gasteiger partial charge >= 0.3 is 0 Å². The van der Waals surface area contributed by atoms with Gasteiger partial charge < -0.3 is 20.5 Å². The highest BCUT2D eigenvalue weighted by molar-refractivity contribution is 5.74. The third-order valence-electron chi connectivity index (χ3n) is 2.36. The Labute approximate surface area is 90.3 Å². The van der Waals surface area contributed by atoms with Crippen LogP contribution in [0.15, 0.2) is 0 Å². The first-order chi connectivity index (χ1) is 7.18. The van der Waals surface area contributed by atoms with E-state index in [-0.39, 0.29) is 6.61 Å². The molecule has 2 atom stereocenters. The van der Waals surface area contributed by atoms with E-state index in [1.54, 1.807) is 0 Å². The van der Waals surface area contributed by atoms with E-state index in [9.17, 15) is 4.79 Å². The van der Waals surface area contributed by atoms with Crippen LogP contribution >= 0.6 is 0 Å². The van der Waals surface area contributed by atoms with Crippen molar-refractivity contribution < 1.29 is 14.3 Å². The number of primary amides is 1. The van der Waals surface area contributed by atoms with Gasteiger partial charge in [0.25, 0.3) is 0 Å². The van der Waals surface area contributed by atoms with Crippen molar-refractivity contribution in [1.29, 1.82) is 0 Å². The molecule has 2 unspecified atom stereocenters. The van der Waals surface area contributed by atoms with Crippen molar-refractivity contribution >= 4 is 5.91 Å². The zero-order valence-corrected chi connectivity index (χ0v) is 9.20. The van der Waals surface area contributed by atoms with Crippen LogP contribution < -0.4 is 11.1 Å². The molecular weight excluding hydrogens is 196 g/mol. The molecule has 0 radical (unpaired) electrons. The highest BCUT2D eigenvalue weighted by atomic mass is 16.5. The van der Waals surface area contributed by atoms with Gasteiger partial charge in [0.05, 0.1) is 18.8 Å². The molecule has 1 rings (SSSR count). The van der Waals surface area contributed by atoms with Crippen molar-refractivity contribution in [3.05, 3.63) is 0 Å². The Morgan fingerprint density at radius 2 is 2.40 bits per heavy atom. The number of hydrogen-bond acceptors (Lipinski definition) is 4. The number of nitrogens with one attached hydrogen (secondary N) is 1. The number of ether oxygens (including phenoxy) is 2. The van der Waals surface area contributed by atoms with Gasteiger partial charge in [-0.1, -0.05) is 0 Å². The maximum Gasteiger partial charge on any atom is 0.243 e. The number of hydrogen-bond donors (Lipinski definition) is 2. The lowest BCUT2D eigenvalue weighted by molar-refractivity contribution is -0.122. The molecule has 0 saturated carbocycles. The molecule has 1 heterocycles. The standard InChI is InChI=1S/C10H20N2O3/c1-8-2-3-9(15-8)6-12-4-5-14-7-10(11)13/h8-9,12H,2-7H2,1H3,(H2,11,13). The molecule has 1 amide bonds. The molecule has 0 spiro atoms. The van der Waals surface area contributed by atoms with Gasteiger partial charge in [-0.2, -0.15) is 0 Å². The minimum atomic E-state index is -0.428. The number of nitrogens with two attached hydrogens (primary N) is 1. The first kappa shape index (κ1) is 12.4. The second-order valence-corrected chi connectivity index (χ2v) is 3.87. The van der Waals surface area contributed by atoms with E-state index < -0.39 is 5.91 Å². The van der Waals surface area contributed by atoms with E-state index in [1.807, 2.05) is 0 Å². The maximum atomic E-state index is 10.3. The van der Waals surface area contributed by atoms with Crippen molar-refractivity contribution in [2.75, 3.05) is 26.3 Å². The average molecular weight is 216 g/mol. The summed E-state index contributed by atoms with van der Waals surface area (Å²) in [5.41, 5.74) is 4.92. The molecule has 1 aliphatic heterocycles. The minimum Gasteiger partial charge on any atom is -0.374 e. The third-order valence-corrected chi connectivity index (χ3v) is 2.36. The second kappa shape index (κ2) is 6.76. The topological polar surface area (TPSA) is 73.6 Å². The van der Waals surface area contributed by atoms with E-state index >= 15 is 0 Å². The first-order valence-corrected chi connectivity index (χ1v) is 5.40. The van der Waals surface area contributed by atoms with Crippen LogP contribution in [0.3, 0.4) is 0 Å². The molecule has 5 nitrogen and oxygen atoms in total. The van der Waals surface area contributed by atoms with Crippen molar-refractivity contribution in [3.8, 4) is 0 Å². The van der Waals surface area contributed by atoms with Crippen molar-refractivity contribution in [2.24, 2.45) is 5.73 Å². The quantitative estimate of drug-likeness (QED) is 0.570. The van der Waals surface area contributed by atoms with Gasteiger partial charge in [-0.15, -0.1) is 0 Å². The number of carbonyl (C=O) groups excluding carboxylic acids is 1. The molecule has 0 bridgehead atoms. The molecule has 1 fully saturated rings. The molecule has 88 valence electrons. The fourth-order valence-electron chi connectivity index (χ4n) is 1.62. The SMILES string of the molecule is CC1CCC(CNCCOCC(N)=O)O1. The van der Waals surface area contributed by atoms with E-state index in [4.69, 9.17) is 15.2 Å². The molecule has 0 aromatic heterocycles. The fraction of sp³-hybridized carbons (Fsp3) is 0.900.